The molecule has 148 valence electrons. The second-order valence-corrected chi connectivity index (χ2v) is 7.11. The Morgan fingerprint density at radius 3 is 2.15 bits per heavy atom. The van der Waals surface area contributed by atoms with Crippen molar-refractivity contribution in [1.29, 1.82) is 0 Å². The van der Waals surface area contributed by atoms with E-state index in [0.717, 1.165) is 0 Å². The van der Waals surface area contributed by atoms with Crippen molar-refractivity contribution in [3.8, 4) is 0 Å². The Balaban J connectivity index is 1.83. The van der Waals surface area contributed by atoms with Gasteiger partial charge in [-0.1, -0.05) is 13.8 Å². The van der Waals surface area contributed by atoms with Gasteiger partial charge >= 0.3 is 6.09 Å². The van der Waals surface area contributed by atoms with Gasteiger partial charge in [0.2, 0.25) is 0 Å². The second-order valence-electron chi connectivity index (χ2n) is 7.11. The number of rotatable bonds is 6. The van der Waals surface area contributed by atoms with Crippen LogP contribution in [0.5, 0.6) is 0 Å². The maximum absolute atomic E-state index is 12.4. The van der Waals surface area contributed by atoms with Crippen LogP contribution in [0.2, 0.25) is 0 Å². The largest absolute Gasteiger partial charge is 0.450 e. The lowest BCUT2D eigenvalue weighted by Gasteiger charge is -2.31. The molecule has 2 N–H and O–H groups in total. The summed E-state index contributed by atoms with van der Waals surface area (Å²) in [6.07, 6.45) is 1.09. The highest BCUT2D eigenvalue weighted by Crippen LogP contribution is 2.13. The van der Waals surface area contributed by atoms with Crippen LogP contribution in [0, 0.1) is 5.92 Å². The van der Waals surface area contributed by atoms with Gasteiger partial charge in [-0.2, -0.15) is 0 Å². The molecule has 1 saturated heterocycles. The maximum atomic E-state index is 12.4. The predicted molar refractivity (Wildman–Crippen MR) is 103 cm³/mol. The number of piperidine rings is 1. The minimum absolute atomic E-state index is 0.0252. The molecule has 1 aliphatic rings. The molecular formula is C20H29N3O4. The summed E-state index contributed by atoms with van der Waals surface area (Å²) in [4.78, 5) is 37.8. The van der Waals surface area contributed by atoms with Gasteiger partial charge in [0, 0.05) is 36.8 Å². The van der Waals surface area contributed by atoms with E-state index >= 15 is 0 Å². The average molecular weight is 375 g/mol. The minimum Gasteiger partial charge on any atom is -0.450 e. The molecule has 0 saturated carbocycles. The van der Waals surface area contributed by atoms with Gasteiger partial charge in [0.05, 0.1) is 6.61 Å². The van der Waals surface area contributed by atoms with Crippen molar-refractivity contribution in [1.82, 2.24) is 15.5 Å². The lowest BCUT2D eigenvalue weighted by molar-refractivity contribution is 0.0858. The molecule has 1 heterocycles. The Kier molecular flexibility index (Phi) is 7.64. The second kappa shape index (κ2) is 9.94. The van der Waals surface area contributed by atoms with Gasteiger partial charge in [-0.25, -0.2) is 4.79 Å². The highest BCUT2D eigenvalue weighted by atomic mass is 16.6. The van der Waals surface area contributed by atoms with Crippen molar-refractivity contribution < 1.29 is 19.1 Å². The Labute approximate surface area is 160 Å². The Hall–Kier alpha value is -2.57. The first-order chi connectivity index (χ1) is 12.9. The lowest BCUT2D eigenvalue weighted by Crippen LogP contribution is -2.46. The topological polar surface area (TPSA) is 87.7 Å². The molecule has 0 aliphatic carbocycles. The summed E-state index contributed by atoms with van der Waals surface area (Å²) < 4.78 is 4.99. The highest BCUT2D eigenvalue weighted by Gasteiger charge is 2.24. The molecule has 3 amide bonds. The van der Waals surface area contributed by atoms with Crippen molar-refractivity contribution in [2.24, 2.45) is 5.92 Å². The van der Waals surface area contributed by atoms with Gasteiger partial charge in [0.25, 0.3) is 11.8 Å². The minimum atomic E-state index is -0.298. The van der Waals surface area contributed by atoms with Gasteiger partial charge in [-0.15, -0.1) is 0 Å². The summed E-state index contributed by atoms with van der Waals surface area (Å²) in [5.74, 6) is 0.0787. The molecule has 27 heavy (non-hydrogen) atoms. The Bertz CT molecular complexity index is 650. The van der Waals surface area contributed by atoms with Gasteiger partial charge in [0.1, 0.15) is 0 Å². The summed E-state index contributed by atoms with van der Waals surface area (Å²) in [5, 5.41) is 5.85. The third kappa shape index (κ3) is 6.27. The third-order valence-corrected chi connectivity index (χ3v) is 4.44. The molecule has 7 nitrogen and oxygen atoms in total. The van der Waals surface area contributed by atoms with Crippen LogP contribution in [0.25, 0.3) is 0 Å². The fourth-order valence-corrected chi connectivity index (χ4v) is 2.86. The average Bonchev–Trinajstić information content (AvgIpc) is 2.67. The van der Waals surface area contributed by atoms with E-state index in [9.17, 15) is 14.4 Å². The SMILES string of the molecule is CCOC(=O)N1CCC(NC(=O)c2ccc(C(=O)NCC(C)C)cc2)CC1. The van der Waals surface area contributed by atoms with Crippen molar-refractivity contribution in [3.63, 3.8) is 0 Å². The number of amides is 3. The molecule has 0 unspecified atom stereocenters. The fraction of sp³-hybridized carbons (Fsp3) is 0.550. The van der Waals surface area contributed by atoms with Gasteiger partial charge in [0.15, 0.2) is 0 Å². The van der Waals surface area contributed by atoms with Crippen LogP contribution >= 0.6 is 0 Å². The summed E-state index contributed by atoms with van der Waals surface area (Å²) in [6.45, 7) is 7.96. The van der Waals surface area contributed by atoms with Crippen LogP contribution in [0.1, 0.15) is 54.3 Å². The zero-order chi connectivity index (χ0) is 19.8. The van der Waals surface area contributed by atoms with Crippen LogP contribution in [-0.2, 0) is 4.74 Å². The van der Waals surface area contributed by atoms with Crippen LogP contribution < -0.4 is 10.6 Å². The van der Waals surface area contributed by atoms with Gasteiger partial charge < -0.3 is 20.3 Å². The summed E-state index contributed by atoms with van der Waals surface area (Å²) in [5.41, 5.74) is 1.05. The smallest absolute Gasteiger partial charge is 0.409 e. The number of hydrogen-bond acceptors (Lipinski definition) is 4. The van der Waals surface area contributed by atoms with Crippen LogP contribution in [0.15, 0.2) is 24.3 Å². The van der Waals surface area contributed by atoms with E-state index in [1.807, 2.05) is 13.8 Å². The molecule has 0 radical (unpaired) electrons. The lowest BCUT2D eigenvalue weighted by atomic mass is 10.0. The van der Waals surface area contributed by atoms with Crippen molar-refractivity contribution in [2.75, 3.05) is 26.2 Å². The van der Waals surface area contributed by atoms with Crippen molar-refractivity contribution in [3.05, 3.63) is 35.4 Å². The fourth-order valence-electron chi connectivity index (χ4n) is 2.86. The van der Waals surface area contributed by atoms with E-state index in [-0.39, 0.29) is 23.9 Å². The molecule has 0 spiro atoms. The molecule has 1 aliphatic heterocycles. The van der Waals surface area contributed by atoms with E-state index < -0.39 is 0 Å². The molecule has 0 aromatic heterocycles. The van der Waals surface area contributed by atoms with E-state index in [1.165, 1.54) is 0 Å². The van der Waals surface area contributed by atoms with Crippen molar-refractivity contribution in [2.45, 2.75) is 39.7 Å². The molecule has 0 bridgehead atoms. The molecule has 1 fully saturated rings. The number of ether oxygens (including phenoxy) is 1. The number of likely N-dealkylation sites (tertiary alicyclic amines) is 1. The summed E-state index contributed by atoms with van der Waals surface area (Å²) in [7, 11) is 0. The maximum Gasteiger partial charge on any atom is 0.409 e. The number of nitrogens with one attached hydrogen (secondary N) is 2. The number of benzene rings is 1. The van der Waals surface area contributed by atoms with E-state index in [1.54, 1.807) is 36.1 Å². The number of nitrogens with zero attached hydrogens (tertiary/aromatic N) is 1. The third-order valence-electron chi connectivity index (χ3n) is 4.44. The normalized spacial score (nSPS) is 14.7. The first-order valence-electron chi connectivity index (χ1n) is 9.51. The van der Waals surface area contributed by atoms with Crippen LogP contribution in [0.4, 0.5) is 4.79 Å². The number of hydrogen-bond donors (Lipinski definition) is 2. The van der Waals surface area contributed by atoms with Crippen LogP contribution in [0.3, 0.4) is 0 Å². The summed E-state index contributed by atoms with van der Waals surface area (Å²) >= 11 is 0. The number of carbonyl (C=O) groups excluding carboxylic acids is 3. The highest BCUT2D eigenvalue weighted by molar-refractivity contribution is 5.97. The first-order valence-corrected chi connectivity index (χ1v) is 9.51. The molecular weight excluding hydrogens is 346 g/mol. The van der Waals surface area contributed by atoms with Gasteiger partial charge in [-0.05, 0) is 49.9 Å². The molecule has 7 heteroatoms. The van der Waals surface area contributed by atoms with E-state index in [2.05, 4.69) is 10.6 Å². The van der Waals surface area contributed by atoms with E-state index in [4.69, 9.17) is 4.74 Å². The van der Waals surface area contributed by atoms with Crippen LogP contribution in [-0.4, -0.2) is 55.1 Å². The monoisotopic (exact) mass is 375 g/mol. The Morgan fingerprint density at radius 1 is 1.07 bits per heavy atom. The van der Waals surface area contributed by atoms with E-state index in [0.29, 0.717) is 56.1 Å². The predicted octanol–water partition coefficient (Wildman–Crippen LogP) is 2.42. The summed E-state index contributed by atoms with van der Waals surface area (Å²) in [6, 6.07) is 6.67. The number of carbonyl (C=O) groups is 3. The molecule has 2 rings (SSSR count). The standard InChI is InChI=1S/C20H29N3O4/c1-4-27-20(26)23-11-9-17(10-12-23)22-19(25)16-7-5-15(6-8-16)18(24)21-13-14(2)3/h5-8,14,17H,4,9-13H2,1-3H3,(H,21,24)(H,22,25). The molecule has 1 aromatic rings. The Morgan fingerprint density at radius 2 is 1.63 bits per heavy atom. The molecule has 0 atom stereocenters. The zero-order valence-electron chi connectivity index (χ0n) is 16.3. The quantitative estimate of drug-likeness (QED) is 0.799. The van der Waals surface area contributed by atoms with Crippen molar-refractivity contribution >= 4 is 17.9 Å². The molecule has 1 aromatic carbocycles. The van der Waals surface area contributed by atoms with Gasteiger partial charge in [-0.3, -0.25) is 9.59 Å². The first kappa shape index (κ1) is 20.7. The zero-order valence-corrected chi connectivity index (χ0v) is 16.3.